The number of amides is 1. The Bertz CT molecular complexity index is 457. The summed E-state index contributed by atoms with van der Waals surface area (Å²) in [5.74, 6) is 0.0510. The number of rotatable bonds is 6. The lowest BCUT2D eigenvalue weighted by Crippen LogP contribution is -2.47. The van der Waals surface area contributed by atoms with Crippen molar-refractivity contribution in [1.82, 2.24) is 10.2 Å². The maximum atomic E-state index is 12.1. The Morgan fingerprint density at radius 3 is 2.65 bits per heavy atom. The molecule has 4 nitrogen and oxygen atoms in total. The van der Waals surface area contributed by atoms with Gasteiger partial charge in [-0.3, -0.25) is 9.69 Å². The van der Waals surface area contributed by atoms with E-state index in [1.54, 1.807) is 0 Å². The number of likely N-dealkylation sites (N-methyl/N-ethyl adjacent to an activating group) is 1. The molecule has 0 aliphatic heterocycles. The van der Waals surface area contributed by atoms with Gasteiger partial charge < -0.3 is 11.1 Å². The van der Waals surface area contributed by atoms with Crippen molar-refractivity contribution in [3.8, 4) is 0 Å². The number of nitrogen functional groups attached to an aromatic ring is 1. The molecule has 1 atom stereocenters. The van der Waals surface area contributed by atoms with Crippen molar-refractivity contribution >= 4 is 11.6 Å². The number of anilines is 1. The van der Waals surface area contributed by atoms with Crippen molar-refractivity contribution in [2.24, 2.45) is 0 Å². The third kappa shape index (κ3) is 4.85. The molecule has 1 rings (SSSR count). The maximum Gasteiger partial charge on any atom is 0.234 e. The summed E-state index contributed by atoms with van der Waals surface area (Å²) in [4.78, 5) is 14.1. The molecule has 1 aromatic carbocycles. The monoisotopic (exact) mass is 277 g/mol. The van der Waals surface area contributed by atoms with Gasteiger partial charge in [-0.05, 0) is 51.9 Å². The quantitative estimate of drug-likeness (QED) is 0.786. The molecule has 0 radical (unpaired) electrons. The summed E-state index contributed by atoms with van der Waals surface area (Å²) in [7, 11) is 1.95. The molecule has 0 aliphatic carbocycles. The molecule has 0 saturated heterocycles. The third-order valence-electron chi connectivity index (χ3n) is 3.81. The first-order valence-corrected chi connectivity index (χ1v) is 7.12. The molecule has 1 aromatic rings. The zero-order chi connectivity index (χ0) is 15.3. The molecule has 0 aromatic heterocycles. The van der Waals surface area contributed by atoms with Crippen LogP contribution in [-0.2, 0) is 4.79 Å². The van der Waals surface area contributed by atoms with E-state index >= 15 is 0 Å². The van der Waals surface area contributed by atoms with Gasteiger partial charge in [0, 0.05) is 17.3 Å². The Hall–Kier alpha value is -1.55. The van der Waals surface area contributed by atoms with E-state index in [1.165, 1.54) is 0 Å². The highest BCUT2D eigenvalue weighted by molar-refractivity contribution is 5.78. The van der Waals surface area contributed by atoms with Crippen LogP contribution in [0.3, 0.4) is 0 Å². The smallest absolute Gasteiger partial charge is 0.234 e. The Morgan fingerprint density at radius 1 is 1.45 bits per heavy atom. The summed E-state index contributed by atoms with van der Waals surface area (Å²) in [5.41, 5.74) is 7.52. The fourth-order valence-electron chi connectivity index (χ4n) is 1.94. The van der Waals surface area contributed by atoms with E-state index in [0.29, 0.717) is 6.54 Å². The summed E-state index contributed by atoms with van der Waals surface area (Å²) < 4.78 is 0. The predicted octanol–water partition coefficient (Wildman–Crippen LogP) is 2.57. The van der Waals surface area contributed by atoms with E-state index in [-0.39, 0.29) is 17.5 Å². The van der Waals surface area contributed by atoms with E-state index in [0.717, 1.165) is 17.7 Å². The second-order valence-electron chi connectivity index (χ2n) is 6.05. The van der Waals surface area contributed by atoms with Crippen LogP contribution in [0.4, 0.5) is 5.69 Å². The van der Waals surface area contributed by atoms with Crippen molar-refractivity contribution in [3.63, 3.8) is 0 Å². The number of carbonyl (C=O) groups excluding carboxylic acids is 1. The van der Waals surface area contributed by atoms with E-state index in [1.807, 2.05) is 50.1 Å². The second kappa shape index (κ2) is 6.75. The van der Waals surface area contributed by atoms with Gasteiger partial charge in [0.15, 0.2) is 0 Å². The summed E-state index contributed by atoms with van der Waals surface area (Å²) in [6.45, 7) is 8.59. The van der Waals surface area contributed by atoms with E-state index in [9.17, 15) is 4.79 Å². The van der Waals surface area contributed by atoms with E-state index < -0.39 is 0 Å². The van der Waals surface area contributed by atoms with Crippen LogP contribution in [0.2, 0.25) is 0 Å². The van der Waals surface area contributed by atoms with Gasteiger partial charge in [-0.25, -0.2) is 0 Å². The Kier molecular flexibility index (Phi) is 5.57. The van der Waals surface area contributed by atoms with Crippen molar-refractivity contribution in [2.75, 3.05) is 19.3 Å². The fourth-order valence-corrected chi connectivity index (χ4v) is 1.94. The van der Waals surface area contributed by atoms with Gasteiger partial charge in [-0.15, -0.1) is 0 Å². The van der Waals surface area contributed by atoms with Crippen molar-refractivity contribution in [2.45, 2.75) is 45.7 Å². The standard InChI is InChI=1S/C16H27N3O/c1-6-16(3,4)18-15(20)11-19(5)12(2)13-8-7-9-14(17)10-13/h7-10,12H,6,11,17H2,1-5H3,(H,18,20). The minimum absolute atomic E-state index is 0.0510. The van der Waals surface area contributed by atoms with Gasteiger partial charge in [0.1, 0.15) is 0 Å². The molecular formula is C16H27N3O. The molecule has 0 heterocycles. The predicted molar refractivity (Wildman–Crippen MR) is 84.4 cm³/mol. The molecule has 3 N–H and O–H groups in total. The average Bonchev–Trinajstić information content (AvgIpc) is 2.37. The summed E-state index contributed by atoms with van der Waals surface area (Å²) >= 11 is 0. The molecule has 0 aliphatic rings. The maximum absolute atomic E-state index is 12.1. The van der Waals surface area contributed by atoms with Gasteiger partial charge in [0.2, 0.25) is 5.91 Å². The van der Waals surface area contributed by atoms with Crippen LogP contribution in [-0.4, -0.2) is 29.9 Å². The number of nitrogens with two attached hydrogens (primary N) is 1. The topological polar surface area (TPSA) is 58.4 Å². The molecular weight excluding hydrogens is 250 g/mol. The Morgan fingerprint density at radius 2 is 2.10 bits per heavy atom. The molecule has 1 amide bonds. The summed E-state index contributed by atoms with van der Waals surface area (Å²) in [6.07, 6.45) is 0.910. The van der Waals surface area contributed by atoms with E-state index in [4.69, 9.17) is 5.73 Å². The summed E-state index contributed by atoms with van der Waals surface area (Å²) in [5, 5.41) is 3.05. The molecule has 0 bridgehead atoms. The SMILES string of the molecule is CCC(C)(C)NC(=O)CN(C)C(C)c1cccc(N)c1. The Balaban J connectivity index is 2.62. The number of carbonyl (C=O) groups is 1. The van der Waals surface area contributed by atoms with Crippen LogP contribution in [0.15, 0.2) is 24.3 Å². The highest BCUT2D eigenvalue weighted by Gasteiger charge is 2.20. The van der Waals surface area contributed by atoms with Crippen molar-refractivity contribution < 1.29 is 4.79 Å². The zero-order valence-electron chi connectivity index (χ0n) is 13.2. The third-order valence-corrected chi connectivity index (χ3v) is 3.81. The highest BCUT2D eigenvalue weighted by Crippen LogP contribution is 2.20. The van der Waals surface area contributed by atoms with E-state index in [2.05, 4.69) is 19.2 Å². The fraction of sp³-hybridized carbons (Fsp3) is 0.562. The minimum Gasteiger partial charge on any atom is -0.399 e. The number of benzene rings is 1. The van der Waals surface area contributed by atoms with Gasteiger partial charge in [-0.1, -0.05) is 19.1 Å². The first-order valence-electron chi connectivity index (χ1n) is 7.12. The lowest BCUT2D eigenvalue weighted by atomic mass is 10.0. The number of hydrogen-bond donors (Lipinski definition) is 2. The van der Waals surface area contributed by atoms with Gasteiger partial charge >= 0.3 is 0 Å². The van der Waals surface area contributed by atoms with Gasteiger partial charge in [0.05, 0.1) is 6.54 Å². The minimum atomic E-state index is -0.154. The zero-order valence-corrected chi connectivity index (χ0v) is 13.2. The number of hydrogen-bond acceptors (Lipinski definition) is 3. The molecule has 20 heavy (non-hydrogen) atoms. The van der Waals surface area contributed by atoms with Gasteiger partial charge in [0.25, 0.3) is 0 Å². The van der Waals surface area contributed by atoms with Crippen LogP contribution in [0, 0.1) is 0 Å². The van der Waals surface area contributed by atoms with Crippen molar-refractivity contribution in [1.29, 1.82) is 0 Å². The first-order chi connectivity index (χ1) is 9.25. The highest BCUT2D eigenvalue weighted by atomic mass is 16.2. The molecule has 1 unspecified atom stereocenters. The van der Waals surface area contributed by atoms with Crippen LogP contribution < -0.4 is 11.1 Å². The molecule has 0 fully saturated rings. The molecule has 4 heteroatoms. The first kappa shape index (κ1) is 16.5. The number of nitrogens with one attached hydrogen (secondary N) is 1. The van der Waals surface area contributed by atoms with Gasteiger partial charge in [-0.2, -0.15) is 0 Å². The van der Waals surface area contributed by atoms with Crippen LogP contribution in [0.5, 0.6) is 0 Å². The molecule has 0 saturated carbocycles. The second-order valence-corrected chi connectivity index (χ2v) is 6.05. The Labute approximate surface area is 122 Å². The van der Waals surface area contributed by atoms with Crippen molar-refractivity contribution in [3.05, 3.63) is 29.8 Å². The van der Waals surface area contributed by atoms with Crippen LogP contribution in [0.25, 0.3) is 0 Å². The largest absolute Gasteiger partial charge is 0.399 e. The lowest BCUT2D eigenvalue weighted by Gasteiger charge is -2.28. The van der Waals surface area contributed by atoms with Crippen LogP contribution >= 0.6 is 0 Å². The number of nitrogens with zero attached hydrogens (tertiary/aromatic N) is 1. The van der Waals surface area contributed by atoms with Crippen LogP contribution in [0.1, 0.15) is 45.7 Å². The lowest BCUT2D eigenvalue weighted by molar-refractivity contribution is -0.124. The molecule has 112 valence electrons. The average molecular weight is 277 g/mol. The molecule has 0 spiro atoms. The normalized spacial score (nSPS) is 13.3. The summed E-state index contributed by atoms with van der Waals surface area (Å²) in [6, 6.07) is 7.94.